The molecule has 0 saturated heterocycles. The van der Waals surface area contributed by atoms with Gasteiger partial charge in [-0.3, -0.25) is 9.59 Å². The van der Waals surface area contributed by atoms with E-state index in [-0.39, 0.29) is 33.2 Å². The average molecular weight is 864 g/mol. The number of carbonyl (C=O) groups is 2. The smallest absolute Gasteiger partial charge is 0.186 e. The summed E-state index contributed by atoms with van der Waals surface area (Å²) in [5.41, 5.74) is 10.4. The molecule has 0 heterocycles. The molecule has 0 spiro atoms. The lowest BCUT2D eigenvalue weighted by Gasteiger charge is -2.31. The van der Waals surface area contributed by atoms with Crippen molar-refractivity contribution >= 4 is 46.1 Å². The van der Waals surface area contributed by atoms with Crippen LogP contribution in [0, 0.1) is 21.7 Å². The van der Waals surface area contributed by atoms with Gasteiger partial charge in [0, 0.05) is 32.3 Å². The van der Waals surface area contributed by atoms with Gasteiger partial charge in [0.1, 0.15) is 0 Å². The topological polar surface area (TPSA) is 83.6 Å². The van der Waals surface area contributed by atoms with Crippen molar-refractivity contribution in [2.45, 2.75) is 83.1 Å². The molecule has 4 aromatic carbocycles. The number of halogens is 2. The lowest BCUT2D eigenvalue weighted by molar-refractivity contribution is -0.114. The molecule has 0 radical (unpaired) electrons. The molecule has 6 rings (SSSR count). The number of Topliss-reactive ketones (excluding diaryl/α,β-unsaturated/α-hetero) is 2. The summed E-state index contributed by atoms with van der Waals surface area (Å²) in [6.07, 6.45) is 11.1. The lowest BCUT2D eigenvalue weighted by atomic mass is 9.72. The molecule has 4 aromatic rings. The minimum absolute atomic E-state index is 0.0751. The molecular weight excluding hydrogens is 808 g/mol. The molecule has 0 aliphatic heterocycles. The van der Waals surface area contributed by atoms with Gasteiger partial charge in [-0.15, -0.1) is 0 Å². The van der Waals surface area contributed by atoms with Crippen LogP contribution in [0.5, 0.6) is 0 Å². The van der Waals surface area contributed by atoms with E-state index >= 15 is 0 Å². The van der Waals surface area contributed by atoms with Crippen molar-refractivity contribution < 1.29 is 9.59 Å². The largest absolute Gasteiger partial charge is 0.289 e. The Morgan fingerprint density at radius 2 is 0.694 bits per heavy atom. The maximum absolute atomic E-state index is 13.5. The van der Waals surface area contributed by atoms with E-state index in [1.165, 1.54) is 0 Å². The SMILES string of the molecule is CC(C)(C)C1=CC(=C/N=N/c2ccc(-c3ccc(/N=N/C=C4C=C(C(C)(C)C)C(=O)C(C(C)(C)C)=C4)cc3-c3ccc(Cl)cc3)c(-c3ccc(Cl)cc3)c2)C=C(C(C)(C)C)C1=O. The predicted octanol–water partition coefficient (Wildman–Crippen LogP) is 17.0. The molecule has 6 nitrogen and oxygen atoms in total. The molecule has 8 heteroatoms. The maximum atomic E-state index is 13.5. The Morgan fingerprint density at radius 1 is 0.403 bits per heavy atom. The van der Waals surface area contributed by atoms with Crippen LogP contribution < -0.4 is 0 Å². The van der Waals surface area contributed by atoms with Gasteiger partial charge in [-0.05, 0) is 139 Å². The fraction of sp³-hybridized carbons (Fsp3) is 0.296. The van der Waals surface area contributed by atoms with E-state index in [9.17, 15) is 9.59 Å². The van der Waals surface area contributed by atoms with Crippen LogP contribution in [0.2, 0.25) is 10.0 Å². The fourth-order valence-electron chi connectivity index (χ4n) is 7.40. The highest BCUT2D eigenvalue weighted by Gasteiger charge is 2.35. The van der Waals surface area contributed by atoms with E-state index in [0.717, 1.165) is 66.8 Å². The van der Waals surface area contributed by atoms with Gasteiger partial charge >= 0.3 is 0 Å². The highest BCUT2D eigenvalue weighted by Crippen LogP contribution is 2.44. The van der Waals surface area contributed by atoms with Crippen molar-refractivity contribution in [3.63, 3.8) is 0 Å². The summed E-state index contributed by atoms with van der Waals surface area (Å²) in [5, 5.41) is 19.6. The first-order valence-electron chi connectivity index (χ1n) is 20.9. The van der Waals surface area contributed by atoms with Gasteiger partial charge in [-0.25, -0.2) is 0 Å². The summed E-state index contributed by atoms with van der Waals surface area (Å²) in [6.45, 7) is 24.6. The number of carbonyl (C=O) groups excluding carboxylic acids is 2. The molecule has 2 aliphatic carbocycles. The Hall–Kier alpha value is -5.56. The Kier molecular flexibility index (Phi) is 13.1. The second-order valence-corrected chi connectivity index (χ2v) is 20.9. The average Bonchev–Trinajstić information content (AvgIpc) is 3.18. The maximum Gasteiger partial charge on any atom is 0.186 e. The number of benzene rings is 4. The van der Waals surface area contributed by atoms with Crippen LogP contribution in [0.15, 0.2) is 176 Å². The zero-order chi connectivity index (χ0) is 45.4. The Balaban J connectivity index is 1.44. The van der Waals surface area contributed by atoms with Crippen molar-refractivity contribution in [2.24, 2.45) is 42.1 Å². The summed E-state index contributed by atoms with van der Waals surface area (Å²) in [4.78, 5) is 27.0. The monoisotopic (exact) mass is 862 g/mol. The number of hydrogen-bond donors (Lipinski definition) is 0. The van der Waals surface area contributed by atoms with Gasteiger partial charge in [0.05, 0.1) is 23.8 Å². The fourth-order valence-corrected chi connectivity index (χ4v) is 7.65. The number of nitrogens with zero attached hydrogens (tertiary/aromatic N) is 4. The van der Waals surface area contributed by atoms with E-state index in [4.69, 9.17) is 23.2 Å². The number of azo groups is 2. The molecule has 62 heavy (non-hydrogen) atoms. The third kappa shape index (κ3) is 10.7. The van der Waals surface area contributed by atoms with Crippen molar-refractivity contribution in [1.82, 2.24) is 0 Å². The van der Waals surface area contributed by atoms with Crippen LogP contribution in [0.1, 0.15) is 83.1 Å². The number of rotatable bonds is 7. The standard InChI is InChI=1S/C54H56Cl2N4O2/c1-51(2,3)45-25-33(26-46(49(45)61)52(4,5)6)31-57-59-39-21-23-41(43(29-39)35-13-17-37(55)18-14-35)42-24-22-40(30-44(42)36-15-19-38(56)20-16-36)60-58-32-34-27-47(53(7,8)9)50(62)48(28-34)54(10,11)12/h13-32H,1-12H3/b59-57+,60-58+. The molecule has 0 saturated carbocycles. The van der Waals surface area contributed by atoms with E-state index in [1.54, 1.807) is 12.4 Å². The first-order valence-corrected chi connectivity index (χ1v) is 21.7. The first-order chi connectivity index (χ1) is 28.9. The molecule has 0 amide bonds. The quantitative estimate of drug-likeness (QED) is 0.173. The Bertz CT molecular complexity index is 2420. The summed E-state index contributed by atoms with van der Waals surface area (Å²) < 4.78 is 0. The van der Waals surface area contributed by atoms with Gasteiger partial charge in [-0.2, -0.15) is 20.5 Å². The van der Waals surface area contributed by atoms with Crippen LogP contribution >= 0.6 is 23.2 Å². The van der Waals surface area contributed by atoms with Crippen LogP contribution in [0.25, 0.3) is 33.4 Å². The van der Waals surface area contributed by atoms with Crippen LogP contribution in [-0.4, -0.2) is 11.6 Å². The molecule has 0 unspecified atom stereocenters. The summed E-state index contributed by atoms with van der Waals surface area (Å²) in [7, 11) is 0. The molecule has 0 N–H and O–H groups in total. The number of allylic oxidation sites excluding steroid dienone is 10. The summed E-state index contributed by atoms with van der Waals surface area (Å²) in [5.74, 6) is 0.150. The van der Waals surface area contributed by atoms with Crippen molar-refractivity contribution in [2.75, 3.05) is 0 Å². The summed E-state index contributed by atoms with van der Waals surface area (Å²) in [6, 6.07) is 27.6. The summed E-state index contributed by atoms with van der Waals surface area (Å²) >= 11 is 12.8. The molecule has 0 aromatic heterocycles. The highest BCUT2D eigenvalue weighted by atomic mass is 35.5. The van der Waals surface area contributed by atoms with Gasteiger partial charge in [0.2, 0.25) is 0 Å². The zero-order valence-electron chi connectivity index (χ0n) is 37.9. The van der Waals surface area contributed by atoms with Crippen LogP contribution in [0.3, 0.4) is 0 Å². The minimum Gasteiger partial charge on any atom is -0.289 e. The number of ketones is 2. The molecule has 2 aliphatic rings. The predicted molar refractivity (Wildman–Crippen MR) is 258 cm³/mol. The minimum atomic E-state index is -0.329. The van der Waals surface area contributed by atoms with E-state index in [2.05, 4.69) is 116 Å². The second-order valence-electron chi connectivity index (χ2n) is 20.1. The Labute approximate surface area is 377 Å². The normalized spacial score (nSPS) is 15.5. The molecule has 0 fully saturated rings. The van der Waals surface area contributed by atoms with E-state index in [0.29, 0.717) is 21.4 Å². The van der Waals surface area contributed by atoms with Crippen molar-refractivity contribution in [3.05, 3.63) is 165 Å². The first kappa shape index (κ1) is 46.0. The Morgan fingerprint density at radius 3 is 0.968 bits per heavy atom. The van der Waals surface area contributed by atoms with Gasteiger partial charge < -0.3 is 0 Å². The van der Waals surface area contributed by atoms with Gasteiger partial charge in [0.25, 0.3) is 0 Å². The third-order valence-electron chi connectivity index (χ3n) is 10.8. The van der Waals surface area contributed by atoms with Gasteiger partial charge in [-0.1, -0.05) is 143 Å². The molecule has 0 bridgehead atoms. The molecule has 318 valence electrons. The third-order valence-corrected chi connectivity index (χ3v) is 11.3. The van der Waals surface area contributed by atoms with E-state index < -0.39 is 0 Å². The van der Waals surface area contributed by atoms with Crippen LogP contribution in [0.4, 0.5) is 11.4 Å². The molecule has 0 atom stereocenters. The van der Waals surface area contributed by atoms with Crippen LogP contribution in [-0.2, 0) is 9.59 Å². The number of hydrogen-bond acceptors (Lipinski definition) is 6. The van der Waals surface area contributed by atoms with Crippen molar-refractivity contribution in [1.29, 1.82) is 0 Å². The second kappa shape index (κ2) is 17.7. The lowest BCUT2D eigenvalue weighted by Crippen LogP contribution is -2.27. The van der Waals surface area contributed by atoms with Gasteiger partial charge in [0.15, 0.2) is 11.6 Å². The highest BCUT2D eigenvalue weighted by molar-refractivity contribution is 6.31. The van der Waals surface area contributed by atoms with E-state index in [1.807, 2.05) is 97.1 Å². The zero-order valence-corrected chi connectivity index (χ0v) is 39.4. The van der Waals surface area contributed by atoms with Crippen molar-refractivity contribution in [3.8, 4) is 33.4 Å². The molecular formula is C54H56Cl2N4O2.